The predicted molar refractivity (Wildman–Crippen MR) is 338 cm³/mol. The molecule has 5 rings (SSSR count). The number of hydrogen-bond donors (Lipinski definition) is 12. The molecule has 0 saturated carbocycles. The van der Waals surface area contributed by atoms with E-state index in [-0.39, 0.29) is 108 Å². The fraction of sp³-hybridized carbons (Fsp3) is 0.538. The topological polar surface area (TPSA) is 400 Å². The van der Waals surface area contributed by atoms with Gasteiger partial charge in [0.25, 0.3) is 0 Å². The molecule has 4 aromatic rings. The number of amides is 9. The minimum Gasteiger partial charge on any atom is -0.508 e. The van der Waals surface area contributed by atoms with Gasteiger partial charge in [0.15, 0.2) is 0 Å². The van der Waals surface area contributed by atoms with Crippen molar-refractivity contribution in [2.45, 2.75) is 140 Å². The number of aromatic amines is 1. The number of aliphatic hydroxyl groups excluding tert-OH is 1. The van der Waals surface area contributed by atoms with E-state index in [9.17, 15) is 63.6 Å². The molecule has 3 aromatic carbocycles. The van der Waals surface area contributed by atoms with E-state index in [0.717, 1.165) is 10.9 Å². The minimum atomic E-state index is -1.74. The second kappa shape index (κ2) is 38.9. The average Bonchev–Trinajstić information content (AvgIpc) is 2.06. The number of fused-ring (bicyclic) bond motifs is 1. The van der Waals surface area contributed by atoms with Crippen LogP contribution in [-0.2, 0) is 81.4 Å². The first-order valence-corrected chi connectivity index (χ1v) is 31.3. The van der Waals surface area contributed by atoms with Gasteiger partial charge in [0.05, 0.1) is 52.6 Å². The van der Waals surface area contributed by atoms with E-state index < -0.39 is 121 Å². The Bertz CT molecular complexity index is 3050. The highest BCUT2D eigenvalue weighted by atomic mass is 16.5. The van der Waals surface area contributed by atoms with Gasteiger partial charge in [0.2, 0.25) is 53.2 Å². The van der Waals surface area contributed by atoms with E-state index in [2.05, 4.69) is 36.9 Å². The van der Waals surface area contributed by atoms with Crippen molar-refractivity contribution in [2.24, 2.45) is 17.6 Å². The number of aromatic nitrogens is 1. The number of H-pyrrole nitrogens is 1. The predicted octanol–water partition coefficient (Wildman–Crippen LogP) is 1.62. The lowest BCUT2D eigenvalue weighted by Crippen LogP contribution is -2.60. The van der Waals surface area contributed by atoms with Crippen molar-refractivity contribution in [1.29, 1.82) is 0 Å². The Morgan fingerprint density at radius 2 is 1.22 bits per heavy atom. The third-order valence-electron chi connectivity index (χ3n) is 15.7. The molecule has 2 heterocycles. The Labute approximate surface area is 535 Å². The SMILES string of the molecule is CC[C@H]1CCCCN(C(=O)CCOCCOCCOC)CCCCN(CC(=O)N[C@@H](Cc2ccc(O)cc2)C(=O)O)C(=O)[C@H](CC(C)C)NC(=O)C(Cc2ccc(O)cc2)NC(=O)[C@H](CCC(N)=O)NC(=O)C(CO)NC(=O)[C@H](Cc2c[nH]c3ccccc23)NC1=O. The summed E-state index contributed by atoms with van der Waals surface area (Å²) in [5.74, 6) is -9.54. The monoisotopic (exact) mass is 1280 g/mol. The van der Waals surface area contributed by atoms with Gasteiger partial charge in [-0.1, -0.05) is 69.7 Å². The largest absolute Gasteiger partial charge is 0.508 e. The third-order valence-corrected chi connectivity index (χ3v) is 15.7. The summed E-state index contributed by atoms with van der Waals surface area (Å²) in [4.78, 5) is 147. The molecule has 0 spiro atoms. The van der Waals surface area contributed by atoms with Gasteiger partial charge in [0.1, 0.15) is 47.8 Å². The number of carboxylic acid groups (broad SMARTS) is 1. The van der Waals surface area contributed by atoms with Crippen LogP contribution in [0.15, 0.2) is 79.0 Å². The molecule has 1 saturated heterocycles. The van der Waals surface area contributed by atoms with Crippen LogP contribution in [-0.4, -0.2) is 204 Å². The number of phenols is 2. The summed E-state index contributed by atoms with van der Waals surface area (Å²) < 4.78 is 16.2. The molecule has 1 fully saturated rings. The number of nitrogens with two attached hydrogens (primary N) is 1. The fourth-order valence-corrected chi connectivity index (χ4v) is 10.6. The number of carbonyl (C=O) groups excluding carboxylic acids is 9. The van der Waals surface area contributed by atoms with Gasteiger partial charge in [-0.2, -0.15) is 0 Å². The van der Waals surface area contributed by atoms with Crippen LogP contribution in [0.25, 0.3) is 10.9 Å². The number of hydrogen-bond acceptors (Lipinski definition) is 16. The van der Waals surface area contributed by atoms with Crippen LogP contribution >= 0.6 is 0 Å². The molecule has 13 N–H and O–H groups in total. The number of nitrogens with zero attached hydrogens (tertiary/aromatic N) is 2. The Hall–Kier alpha value is -8.66. The van der Waals surface area contributed by atoms with Gasteiger partial charge in [-0.15, -0.1) is 0 Å². The van der Waals surface area contributed by atoms with Crippen molar-refractivity contribution in [3.05, 3.63) is 95.7 Å². The van der Waals surface area contributed by atoms with Crippen molar-refractivity contribution >= 4 is 70.0 Å². The maximum atomic E-state index is 15.1. The molecule has 7 atom stereocenters. The van der Waals surface area contributed by atoms with Crippen molar-refractivity contribution in [1.82, 2.24) is 46.7 Å². The van der Waals surface area contributed by atoms with Crippen molar-refractivity contribution in [2.75, 3.05) is 72.9 Å². The molecule has 27 nitrogen and oxygen atoms in total. The summed E-state index contributed by atoms with van der Waals surface area (Å²) in [6, 6.07) is 9.59. The number of nitrogens with one attached hydrogen (secondary N) is 7. The lowest BCUT2D eigenvalue weighted by molar-refractivity contribution is -0.143. The normalized spacial score (nSPS) is 20.3. The van der Waals surface area contributed by atoms with Gasteiger partial charge in [-0.3, -0.25) is 43.2 Å². The molecule has 1 aromatic heterocycles. The number of methoxy groups -OCH3 is 1. The zero-order valence-corrected chi connectivity index (χ0v) is 53.0. The van der Waals surface area contributed by atoms with E-state index in [1.165, 1.54) is 53.4 Å². The number of aliphatic carboxylic acids is 1. The van der Waals surface area contributed by atoms with Gasteiger partial charge in [-0.05, 0) is 97.9 Å². The van der Waals surface area contributed by atoms with Crippen LogP contribution in [0.2, 0.25) is 0 Å². The lowest BCUT2D eigenvalue weighted by Gasteiger charge is -2.31. The Morgan fingerprint density at radius 1 is 0.663 bits per heavy atom. The number of phenolic OH excluding ortho intramolecular Hbond substituents is 2. The van der Waals surface area contributed by atoms with Crippen molar-refractivity contribution in [3.8, 4) is 11.5 Å². The van der Waals surface area contributed by atoms with Gasteiger partial charge < -0.3 is 87.1 Å². The average molecular weight is 1290 g/mol. The molecule has 1 aliphatic rings. The molecule has 27 heteroatoms. The zero-order valence-electron chi connectivity index (χ0n) is 53.0. The number of primary amides is 1. The number of benzene rings is 3. The summed E-state index contributed by atoms with van der Waals surface area (Å²) in [7, 11) is 1.56. The summed E-state index contributed by atoms with van der Waals surface area (Å²) >= 11 is 0. The molecular weight excluding hydrogens is 1190 g/mol. The van der Waals surface area contributed by atoms with E-state index >= 15 is 4.79 Å². The molecular formula is C65H92N10O17. The minimum absolute atomic E-state index is 0.00914. The Kier molecular flexibility index (Phi) is 31.3. The number of ether oxygens (including phenoxy) is 3. The quantitative estimate of drug-likeness (QED) is 0.0397. The summed E-state index contributed by atoms with van der Waals surface area (Å²) in [6.07, 6.45) is 2.36. The summed E-state index contributed by atoms with van der Waals surface area (Å²) in [5, 5.41) is 57.5. The van der Waals surface area contributed by atoms with Crippen LogP contribution in [0.4, 0.5) is 0 Å². The highest BCUT2D eigenvalue weighted by molar-refractivity contribution is 5.98. The summed E-state index contributed by atoms with van der Waals surface area (Å²) in [5.41, 5.74) is 7.83. The van der Waals surface area contributed by atoms with Crippen LogP contribution in [0.5, 0.6) is 11.5 Å². The first-order valence-electron chi connectivity index (χ1n) is 31.3. The lowest BCUT2D eigenvalue weighted by atomic mass is 9.96. The van der Waals surface area contributed by atoms with E-state index in [1.54, 1.807) is 32.1 Å². The van der Waals surface area contributed by atoms with Crippen molar-refractivity contribution < 1.29 is 82.6 Å². The standard InChI is InChI=1S/C65H92N10O17/c1-5-44-12-8-9-26-74(58(81)25-29-91-32-33-92-31-30-90-4)27-10-11-28-75(39-57(80)68-54(65(88)89)36-43-17-21-47(78)22-18-43)64(87)53(34-41(2)3)72-61(84)51(35-42-15-19-46(77)20-16-42)71-60(83)50(23-24-56(66)79)69-63(86)55(40-76)73-62(85)52(70-59(44)82)37-45-38-67-49-14-7-6-13-48(45)49/h6-7,13-22,38,41,44,50-55,67,76-78H,5,8-12,23-37,39-40H2,1-4H3,(H2,66,79)(H,68,80)(H,69,86)(H,70,82)(H,71,83)(H,72,84)(H,73,85)(H,88,89)/t44-,50-,51?,52-,53-,54-,55?/m0/s1. The zero-order chi connectivity index (χ0) is 67.1. The molecule has 0 aliphatic carbocycles. The molecule has 9 amide bonds. The molecule has 504 valence electrons. The fourth-order valence-electron chi connectivity index (χ4n) is 10.6. The molecule has 2 unspecified atom stereocenters. The van der Waals surface area contributed by atoms with E-state index in [4.69, 9.17) is 19.9 Å². The second-order valence-corrected chi connectivity index (χ2v) is 23.3. The molecule has 92 heavy (non-hydrogen) atoms. The Morgan fingerprint density at radius 3 is 1.85 bits per heavy atom. The van der Waals surface area contributed by atoms with Crippen LogP contribution in [0.1, 0.15) is 102 Å². The van der Waals surface area contributed by atoms with E-state index in [1.807, 2.05) is 31.2 Å². The maximum Gasteiger partial charge on any atom is 0.326 e. The molecule has 0 radical (unpaired) electrons. The first-order chi connectivity index (χ1) is 44.1. The van der Waals surface area contributed by atoms with Crippen molar-refractivity contribution in [3.63, 3.8) is 0 Å². The number of carbonyl (C=O) groups is 10. The third kappa shape index (κ3) is 25.2. The summed E-state index contributed by atoms with van der Waals surface area (Å²) in [6.45, 7) is 5.38. The molecule has 0 bridgehead atoms. The van der Waals surface area contributed by atoms with Crippen LogP contribution < -0.4 is 37.6 Å². The molecule has 1 aliphatic heterocycles. The smallest absolute Gasteiger partial charge is 0.326 e. The van der Waals surface area contributed by atoms with Gasteiger partial charge in [-0.25, -0.2) is 4.79 Å². The number of aliphatic hydroxyl groups is 1. The van der Waals surface area contributed by atoms with Gasteiger partial charge in [0, 0.05) is 75.4 Å². The maximum absolute atomic E-state index is 15.1. The highest BCUT2D eigenvalue weighted by Crippen LogP contribution is 2.22. The Balaban J connectivity index is 1.54. The van der Waals surface area contributed by atoms with Gasteiger partial charge >= 0.3 is 5.97 Å². The van der Waals surface area contributed by atoms with Crippen LogP contribution in [0.3, 0.4) is 0 Å². The number of aromatic hydroxyl groups is 2. The number of carboxylic acids is 1. The first kappa shape index (κ1) is 74.1. The number of para-hydroxylation sites is 1. The highest BCUT2D eigenvalue weighted by Gasteiger charge is 2.36. The van der Waals surface area contributed by atoms with Crippen LogP contribution in [0, 0.1) is 11.8 Å². The number of rotatable bonds is 26. The second-order valence-electron chi connectivity index (χ2n) is 23.3. The van der Waals surface area contributed by atoms with E-state index in [0.29, 0.717) is 55.6 Å².